The van der Waals surface area contributed by atoms with Crippen LogP contribution in [0.2, 0.25) is 0 Å². The second kappa shape index (κ2) is 6.77. The van der Waals surface area contributed by atoms with Gasteiger partial charge in [0.1, 0.15) is 6.04 Å². The number of piperidine rings is 1. The van der Waals surface area contributed by atoms with E-state index in [2.05, 4.69) is 17.5 Å². The highest BCUT2D eigenvalue weighted by Gasteiger charge is 2.34. The van der Waals surface area contributed by atoms with Gasteiger partial charge in [-0.15, -0.1) is 0 Å². The van der Waals surface area contributed by atoms with E-state index >= 15 is 0 Å². The highest BCUT2D eigenvalue weighted by molar-refractivity contribution is 5.82. The lowest BCUT2D eigenvalue weighted by Gasteiger charge is -2.36. The molecule has 0 aromatic carbocycles. The fraction of sp³-hybridized carbons (Fsp3) is 0.733. The largest absolute Gasteiger partial charge is 0.480 e. The van der Waals surface area contributed by atoms with Crippen LogP contribution in [-0.2, 0) is 4.79 Å². The fourth-order valence-corrected chi connectivity index (χ4v) is 2.99. The minimum absolute atomic E-state index is 0.223. The fourth-order valence-electron chi connectivity index (χ4n) is 2.99. The van der Waals surface area contributed by atoms with Crippen molar-refractivity contribution in [1.82, 2.24) is 10.2 Å². The van der Waals surface area contributed by atoms with Crippen LogP contribution in [0, 0.1) is 11.8 Å². The molecule has 0 spiro atoms. The number of urea groups is 1. The maximum Gasteiger partial charge on any atom is 0.326 e. The van der Waals surface area contributed by atoms with Crippen molar-refractivity contribution in [2.75, 3.05) is 13.1 Å². The van der Waals surface area contributed by atoms with Gasteiger partial charge in [-0.05, 0) is 43.9 Å². The van der Waals surface area contributed by atoms with E-state index < -0.39 is 12.0 Å². The van der Waals surface area contributed by atoms with Crippen molar-refractivity contribution >= 4 is 12.0 Å². The van der Waals surface area contributed by atoms with Crippen LogP contribution in [0.4, 0.5) is 4.79 Å². The maximum atomic E-state index is 12.2. The van der Waals surface area contributed by atoms with Crippen LogP contribution in [0.1, 0.15) is 39.0 Å². The van der Waals surface area contributed by atoms with Crippen molar-refractivity contribution in [1.29, 1.82) is 0 Å². The molecular formula is C15H24N2O3. The number of nitrogens with one attached hydrogen (secondary N) is 1. The molecule has 1 heterocycles. The van der Waals surface area contributed by atoms with Crippen molar-refractivity contribution in [3.05, 3.63) is 12.2 Å². The molecule has 1 fully saturated rings. The standard InChI is InChI=1S/C15H24N2O3/c1-11-7-8-17(13(9-11)14(18)19)15(20)16-10-12-5-3-2-4-6-12/h2-3,11-13H,4-10H2,1H3,(H,16,20)(H,18,19). The number of rotatable bonds is 3. The number of hydrogen-bond donors (Lipinski definition) is 2. The Labute approximate surface area is 120 Å². The Morgan fingerprint density at radius 3 is 2.80 bits per heavy atom. The van der Waals surface area contributed by atoms with Crippen LogP contribution in [0.25, 0.3) is 0 Å². The van der Waals surface area contributed by atoms with Gasteiger partial charge < -0.3 is 15.3 Å². The number of aliphatic carboxylic acids is 1. The summed E-state index contributed by atoms with van der Waals surface area (Å²) in [5.41, 5.74) is 0. The van der Waals surface area contributed by atoms with E-state index in [0.717, 1.165) is 25.7 Å². The topological polar surface area (TPSA) is 69.6 Å². The normalized spacial score (nSPS) is 30.1. The molecule has 0 aromatic heterocycles. The minimum atomic E-state index is -0.896. The SMILES string of the molecule is CC1CCN(C(=O)NCC2CC=CCC2)C(C(=O)O)C1. The smallest absolute Gasteiger partial charge is 0.326 e. The molecule has 5 heteroatoms. The summed E-state index contributed by atoms with van der Waals surface area (Å²) in [5, 5.41) is 12.2. The van der Waals surface area contributed by atoms with Gasteiger partial charge in [0.25, 0.3) is 0 Å². The Bertz CT molecular complexity index is 395. The Balaban J connectivity index is 1.86. The summed E-state index contributed by atoms with van der Waals surface area (Å²) < 4.78 is 0. The Kier molecular flexibility index (Phi) is 5.04. The highest BCUT2D eigenvalue weighted by atomic mass is 16.4. The van der Waals surface area contributed by atoms with Gasteiger partial charge in [0, 0.05) is 13.1 Å². The van der Waals surface area contributed by atoms with Gasteiger partial charge in [0.05, 0.1) is 0 Å². The van der Waals surface area contributed by atoms with Gasteiger partial charge in [-0.25, -0.2) is 9.59 Å². The predicted molar refractivity (Wildman–Crippen MR) is 76.4 cm³/mol. The third-order valence-electron chi connectivity index (χ3n) is 4.33. The van der Waals surface area contributed by atoms with Crippen molar-refractivity contribution in [3.8, 4) is 0 Å². The van der Waals surface area contributed by atoms with Crippen molar-refractivity contribution < 1.29 is 14.7 Å². The minimum Gasteiger partial charge on any atom is -0.480 e. The molecule has 0 saturated carbocycles. The monoisotopic (exact) mass is 280 g/mol. The van der Waals surface area contributed by atoms with Gasteiger partial charge >= 0.3 is 12.0 Å². The lowest BCUT2D eigenvalue weighted by Crippen LogP contribution is -2.53. The zero-order valence-electron chi connectivity index (χ0n) is 12.0. The second-order valence-electron chi connectivity index (χ2n) is 6.01. The van der Waals surface area contributed by atoms with Gasteiger partial charge in [0.2, 0.25) is 0 Å². The average molecular weight is 280 g/mol. The Hall–Kier alpha value is -1.52. The molecule has 3 atom stereocenters. The summed E-state index contributed by atoms with van der Waals surface area (Å²) in [6.45, 7) is 3.22. The molecule has 2 amide bonds. The van der Waals surface area contributed by atoms with Gasteiger partial charge in [-0.3, -0.25) is 0 Å². The van der Waals surface area contributed by atoms with E-state index in [9.17, 15) is 14.7 Å². The number of carboxylic acids is 1. The molecular weight excluding hydrogens is 256 g/mol. The molecule has 2 aliphatic rings. The quantitative estimate of drug-likeness (QED) is 0.779. The number of amides is 2. The highest BCUT2D eigenvalue weighted by Crippen LogP contribution is 2.23. The van der Waals surface area contributed by atoms with E-state index in [1.807, 2.05) is 6.92 Å². The van der Waals surface area contributed by atoms with Crippen LogP contribution < -0.4 is 5.32 Å². The number of carbonyl (C=O) groups is 2. The second-order valence-corrected chi connectivity index (χ2v) is 6.01. The van der Waals surface area contributed by atoms with Gasteiger partial charge in [-0.2, -0.15) is 0 Å². The van der Waals surface area contributed by atoms with Crippen LogP contribution >= 0.6 is 0 Å². The van der Waals surface area contributed by atoms with Crippen molar-refractivity contribution in [2.45, 2.75) is 45.1 Å². The first-order chi connectivity index (χ1) is 9.58. The molecule has 0 radical (unpaired) electrons. The number of hydrogen-bond acceptors (Lipinski definition) is 2. The third kappa shape index (κ3) is 3.74. The summed E-state index contributed by atoms with van der Waals surface area (Å²) in [5.74, 6) is -0.0492. The van der Waals surface area contributed by atoms with E-state index in [0.29, 0.717) is 31.3 Å². The zero-order valence-corrected chi connectivity index (χ0v) is 12.0. The average Bonchev–Trinajstić information content (AvgIpc) is 2.45. The summed E-state index contributed by atoms with van der Waals surface area (Å²) in [4.78, 5) is 25.0. The van der Waals surface area contributed by atoms with Crippen LogP contribution in [0.3, 0.4) is 0 Å². The maximum absolute atomic E-state index is 12.2. The number of nitrogens with zero attached hydrogens (tertiary/aromatic N) is 1. The van der Waals surface area contributed by atoms with E-state index in [4.69, 9.17) is 0 Å². The Morgan fingerprint density at radius 2 is 2.15 bits per heavy atom. The predicted octanol–water partition coefficient (Wildman–Crippen LogP) is 2.24. The molecule has 1 aliphatic carbocycles. The lowest BCUT2D eigenvalue weighted by molar-refractivity contribution is -0.143. The first-order valence-corrected chi connectivity index (χ1v) is 7.50. The Morgan fingerprint density at radius 1 is 1.35 bits per heavy atom. The van der Waals surface area contributed by atoms with E-state index in [1.54, 1.807) is 0 Å². The number of allylic oxidation sites excluding steroid dienone is 2. The molecule has 112 valence electrons. The zero-order chi connectivity index (χ0) is 14.5. The van der Waals surface area contributed by atoms with Crippen molar-refractivity contribution in [2.24, 2.45) is 11.8 Å². The number of carboxylic acid groups (broad SMARTS) is 1. The third-order valence-corrected chi connectivity index (χ3v) is 4.33. The molecule has 20 heavy (non-hydrogen) atoms. The molecule has 1 aliphatic heterocycles. The lowest BCUT2D eigenvalue weighted by atomic mass is 9.92. The first-order valence-electron chi connectivity index (χ1n) is 7.50. The van der Waals surface area contributed by atoms with Crippen LogP contribution in [-0.4, -0.2) is 41.1 Å². The van der Waals surface area contributed by atoms with Gasteiger partial charge in [-0.1, -0.05) is 19.1 Å². The number of likely N-dealkylation sites (tertiary alicyclic amines) is 1. The summed E-state index contributed by atoms with van der Waals surface area (Å²) in [6, 6.07) is -0.899. The first kappa shape index (κ1) is 14.9. The molecule has 0 aromatic rings. The molecule has 2 N–H and O–H groups in total. The van der Waals surface area contributed by atoms with Crippen LogP contribution in [0.5, 0.6) is 0 Å². The molecule has 2 rings (SSSR count). The summed E-state index contributed by atoms with van der Waals surface area (Å²) in [7, 11) is 0. The molecule has 1 saturated heterocycles. The molecule has 5 nitrogen and oxygen atoms in total. The van der Waals surface area contributed by atoms with E-state index in [1.165, 1.54) is 4.90 Å². The van der Waals surface area contributed by atoms with Crippen molar-refractivity contribution in [3.63, 3.8) is 0 Å². The molecule has 0 bridgehead atoms. The van der Waals surface area contributed by atoms with Gasteiger partial charge in [0.15, 0.2) is 0 Å². The summed E-state index contributed by atoms with van der Waals surface area (Å²) >= 11 is 0. The number of carbonyl (C=O) groups excluding carboxylic acids is 1. The van der Waals surface area contributed by atoms with Crippen LogP contribution in [0.15, 0.2) is 12.2 Å². The van der Waals surface area contributed by atoms with E-state index in [-0.39, 0.29) is 6.03 Å². The summed E-state index contributed by atoms with van der Waals surface area (Å²) in [6.07, 6.45) is 8.92. The molecule has 3 unspecified atom stereocenters.